The topological polar surface area (TPSA) is 72.6 Å². The van der Waals surface area contributed by atoms with Gasteiger partial charge in [-0.05, 0) is 24.4 Å². The maximum absolute atomic E-state index is 10.9. The molecule has 0 bridgehead atoms. The van der Waals surface area contributed by atoms with Gasteiger partial charge in [0.15, 0.2) is 11.7 Å². The molecule has 0 aliphatic heterocycles. The van der Waals surface area contributed by atoms with E-state index in [0.717, 1.165) is 0 Å². The molecular weight excluding hydrogens is 202 g/mol. The van der Waals surface area contributed by atoms with Crippen molar-refractivity contribution in [3.8, 4) is 5.75 Å². The molecule has 14 heavy (non-hydrogen) atoms. The molecule has 1 rings (SSSR count). The van der Waals surface area contributed by atoms with Crippen molar-refractivity contribution in [2.24, 2.45) is 5.73 Å². The number of rotatable bonds is 4. The van der Waals surface area contributed by atoms with E-state index in [-0.39, 0.29) is 17.2 Å². The van der Waals surface area contributed by atoms with E-state index in [0.29, 0.717) is 5.75 Å². The van der Waals surface area contributed by atoms with E-state index in [4.69, 9.17) is 15.6 Å². The van der Waals surface area contributed by atoms with E-state index < -0.39 is 5.91 Å². The first-order chi connectivity index (χ1) is 6.61. The molecule has 1 amide bonds. The number of ether oxygens (including phenoxy) is 1. The fourth-order valence-electron chi connectivity index (χ4n) is 0.936. The lowest BCUT2D eigenvalue weighted by Crippen LogP contribution is -2.15. The molecule has 4 nitrogen and oxygen atoms in total. The number of hydrogen-bond acceptors (Lipinski definition) is 3. The third kappa shape index (κ3) is 2.70. The Labute approximate surface area is 86.3 Å². The normalized spacial score (nSPS) is 9.43. The van der Waals surface area contributed by atoms with Gasteiger partial charge in [0.2, 0.25) is 0 Å². The Morgan fingerprint density at radius 2 is 2.14 bits per heavy atom. The Kier molecular flexibility index (Phi) is 3.41. The number of thiocarbonyl (C=S) groups is 1. The highest BCUT2D eigenvalue weighted by atomic mass is 32.1. The Hall–Kier alpha value is -1.62. The smallest absolute Gasteiger partial charge is 0.252 e. The summed E-state index contributed by atoms with van der Waals surface area (Å²) in [5.41, 5.74) is 5.37. The monoisotopic (exact) mass is 211 g/mol. The molecule has 0 spiro atoms. The first-order valence-electron chi connectivity index (χ1n) is 3.84. The van der Waals surface area contributed by atoms with Crippen LogP contribution in [0.2, 0.25) is 0 Å². The fraction of sp³-hybridized carbons (Fsp3) is 0.111. The molecule has 0 atom stereocenters. The van der Waals surface area contributed by atoms with Crippen molar-refractivity contribution in [2.45, 2.75) is 0 Å². The van der Waals surface area contributed by atoms with Gasteiger partial charge < -0.3 is 15.6 Å². The minimum absolute atomic E-state index is 0.125. The highest BCUT2D eigenvalue weighted by Gasteiger charge is 2.08. The Morgan fingerprint density at radius 3 is 2.71 bits per heavy atom. The number of para-hydroxylation sites is 1. The number of carbonyl (C=O) groups excluding carboxylic acids is 1. The highest BCUT2D eigenvalue weighted by Crippen LogP contribution is 2.16. The molecule has 1 aromatic rings. The average Bonchev–Trinajstić information content (AvgIpc) is 2.15. The van der Waals surface area contributed by atoms with Gasteiger partial charge in [-0.2, -0.15) is 0 Å². The van der Waals surface area contributed by atoms with Crippen molar-refractivity contribution in [3.63, 3.8) is 0 Å². The zero-order valence-electron chi connectivity index (χ0n) is 7.27. The summed E-state index contributed by atoms with van der Waals surface area (Å²) >= 11 is 4.42. The maximum atomic E-state index is 10.9. The molecule has 74 valence electrons. The minimum Gasteiger partial charge on any atom is -0.500 e. The SMILES string of the molecule is NC(=O)c1ccccc1OCC(O)=S. The van der Waals surface area contributed by atoms with Gasteiger partial charge in [-0.1, -0.05) is 12.1 Å². The molecular formula is C9H9NO3S. The second-order valence-electron chi connectivity index (χ2n) is 2.54. The van der Waals surface area contributed by atoms with Crippen LogP contribution in [0.25, 0.3) is 0 Å². The van der Waals surface area contributed by atoms with Gasteiger partial charge >= 0.3 is 0 Å². The van der Waals surface area contributed by atoms with Crippen molar-refractivity contribution in [1.29, 1.82) is 0 Å². The Morgan fingerprint density at radius 1 is 1.50 bits per heavy atom. The van der Waals surface area contributed by atoms with Crippen molar-refractivity contribution >= 4 is 23.2 Å². The molecule has 0 aliphatic rings. The summed E-state index contributed by atoms with van der Waals surface area (Å²) in [5, 5.41) is 8.46. The van der Waals surface area contributed by atoms with Crippen LogP contribution in [-0.2, 0) is 0 Å². The first-order valence-corrected chi connectivity index (χ1v) is 4.25. The van der Waals surface area contributed by atoms with Crippen LogP contribution in [0.4, 0.5) is 0 Å². The van der Waals surface area contributed by atoms with Gasteiger partial charge in [-0.15, -0.1) is 0 Å². The molecule has 0 aromatic heterocycles. The van der Waals surface area contributed by atoms with Crippen LogP contribution < -0.4 is 10.5 Å². The summed E-state index contributed by atoms with van der Waals surface area (Å²) in [7, 11) is 0. The van der Waals surface area contributed by atoms with E-state index in [9.17, 15) is 4.79 Å². The number of carbonyl (C=O) groups is 1. The summed E-state index contributed by atoms with van der Waals surface area (Å²) in [6.45, 7) is -0.125. The Bertz CT molecular complexity index is 365. The fourth-order valence-corrected chi connectivity index (χ4v) is 0.994. The molecule has 0 saturated carbocycles. The van der Waals surface area contributed by atoms with E-state index in [1.807, 2.05) is 0 Å². The van der Waals surface area contributed by atoms with Crippen molar-refractivity contribution < 1.29 is 14.6 Å². The lowest BCUT2D eigenvalue weighted by molar-refractivity contribution is 0.0997. The number of aliphatic hydroxyl groups excluding tert-OH is 1. The van der Waals surface area contributed by atoms with Gasteiger partial charge in [0, 0.05) is 0 Å². The van der Waals surface area contributed by atoms with Crippen LogP contribution in [0.15, 0.2) is 24.3 Å². The summed E-state index contributed by atoms with van der Waals surface area (Å²) in [6, 6.07) is 6.49. The van der Waals surface area contributed by atoms with Gasteiger partial charge in [0.25, 0.3) is 5.91 Å². The summed E-state index contributed by atoms with van der Waals surface area (Å²) in [5.74, 6) is -0.263. The summed E-state index contributed by atoms with van der Waals surface area (Å²) in [6.07, 6.45) is 0. The molecule has 0 heterocycles. The molecule has 1 aromatic carbocycles. The van der Waals surface area contributed by atoms with E-state index in [1.54, 1.807) is 18.2 Å². The number of hydrogen-bond donors (Lipinski definition) is 2. The maximum Gasteiger partial charge on any atom is 0.252 e. The van der Waals surface area contributed by atoms with Crippen molar-refractivity contribution in [3.05, 3.63) is 29.8 Å². The lowest BCUT2D eigenvalue weighted by Gasteiger charge is -2.07. The van der Waals surface area contributed by atoms with Gasteiger partial charge in [-0.3, -0.25) is 4.79 Å². The van der Waals surface area contributed by atoms with E-state index >= 15 is 0 Å². The second-order valence-corrected chi connectivity index (χ2v) is 3.01. The zero-order chi connectivity index (χ0) is 10.6. The largest absolute Gasteiger partial charge is 0.500 e. The zero-order valence-corrected chi connectivity index (χ0v) is 8.08. The molecule has 0 fully saturated rings. The molecule has 0 radical (unpaired) electrons. The molecule has 0 aliphatic carbocycles. The van der Waals surface area contributed by atoms with Crippen LogP contribution in [-0.4, -0.2) is 22.7 Å². The predicted molar refractivity (Wildman–Crippen MR) is 55.7 cm³/mol. The number of aliphatic hydroxyl groups is 1. The van der Waals surface area contributed by atoms with Crippen LogP contribution in [0.3, 0.4) is 0 Å². The second kappa shape index (κ2) is 4.57. The quantitative estimate of drug-likeness (QED) is 0.730. The summed E-state index contributed by atoms with van der Waals surface area (Å²) < 4.78 is 5.07. The molecule has 0 saturated heterocycles. The average molecular weight is 211 g/mol. The van der Waals surface area contributed by atoms with Crippen LogP contribution in [0, 0.1) is 0 Å². The number of benzene rings is 1. The number of amides is 1. The lowest BCUT2D eigenvalue weighted by atomic mass is 10.2. The van der Waals surface area contributed by atoms with Gasteiger partial charge in [-0.25, -0.2) is 0 Å². The van der Waals surface area contributed by atoms with Crippen molar-refractivity contribution in [1.82, 2.24) is 0 Å². The number of primary amides is 1. The van der Waals surface area contributed by atoms with Crippen molar-refractivity contribution in [2.75, 3.05) is 6.61 Å². The van der Waals surface area contributed by atoms with Gasteiger partial charge in [0.1, 0.15) is 5.75 Å². The standard InChI is InChI=1S/C9H9NO3S/c10-9(12)6-3-1-2-4-7(6)13-5-8(11)14/h1-4H,5H2,(H2,10,12)(H,11,14). The van der Waals surface area contributed by atoms with E-state index in [1.165, 1.54) is 6.07 Å². The van der Waals surface area contributed by atoms with Crippen LogP contribution in [0.5, 0.6) is 5.75 Å². The van der Waals surface area contributed by atoms with Crippen LogP contribution in [0.1, 0.15) is 10.4 Å². The highest BCUT2D eigenvalue weighted by molar-refractivity contribution is 7.80. The third-order valence-corrected chi connectivity index (χ3v) is 1.62. The molecule has 3 N–H and O–H groups in total. The minimum atomic E-state index is -0.579. The first kappa shape index (κ1) is 10.5. The molecule has 0 unspecified atom stereocenters. The molecule has 5 heteroatoms. The number of nitrogens with two attached hydrogens (primary N) is 1. The Balaban J connectivity index is 2.84. The predicted octanol–water partition coefficient (Wildman–Crippen LogP) is 1.05. The summed E-state index contributed by atoms with van der Waals surface area (Å²) in [4.78, 5) is 10.9. The van der Waals surface area contributed by atoms with E-state index in [2.05, 4.69) is 12.2 Å². The van der Waals surface area contributed by atoms with Gasteiger partial charge in [0.05, 0.1) is 5.56 Å². The van der Waals surface area contributed by atoms with Crippen LogP contribution >= 0.6 is 12.2 Å². The third-order valence-electron chi connectivity index (χ3n) is 1.50.